The molecular formula is C11H23N. The predicted octanol–water partition coefficient (Wildman–Crippen LogP) is 2.76. The van der Waals surface area contributed by atoms with Crippen molar-refractivity contribution >= 4 is 0 Å². The molecule has 0 aromatic carbocycles. The van der Waals surface area contributed by atoms with Gasteiger partial charge in [0.15, 0.2) is 0 Å². The van der Waals surface area contributed by atoms with E-state index in [1.807, 2.05) is 0 Å². The Bertz CT molecular complexity index is 149. The van der Waals surface area contributed by atoms with Gasteiger partial charge in [-0.3, -0.25) is 0 Å². The molecule has 0 spiro atoms. The van der Waals surface area contributed by atoms with Crippen LogP contribution in [0.4, 0.5) is 0 Å². The molecule has 1 heteroatoms. The fourth-order valence-electron chi connectivity index (χ4n) is 2.69. The molecule has 0 radical (unpaired) electrons. The SMILES string of the molecule is CC1CC(N(C)C)CC(C)(C)C1. The van der Waals surface area contributed by atoms with Crippen molar-refractivity contribution in [3.05, 3.63) is 0 Å². The maximum absolute atomic E-state index is 2.40. The van der Waals surface area contributed by atoms with Gasteiger partial charge in [0.05, 0.1) is 0 Å². The van der Waals surface area contributed by atoms with Crippen LogP contribution < -0.4 is 0 Å². The van der Waals surface area contributed by atoms with Gasteiger partial charge in [0.2, 0.25) is 0 Å². The molecule has 1 aliphatic rings. The van der Waals surface area contributed by atoms with E-state index < -0.39 is 0 Å². The summed E-state index contributed by atoms with van der Waals surface area (Å²) in [6, 6.07) is 0.809. The average molecular weight is 169 g/mol. The second kappa shape index (κ2) is 3.37. The van der Waals surface area contributed by atoms with Gasteiger partial charge in [-0.25, -0.2) is 0 Å². The number of nitrogens with zero attached hydrogens (tertiary/aromatic N) is 1. The molecule has 1 rings (SSSR count). The van der Waals surface area contributed by atoms with Gasteiger partial charge in [-0.1, -0.05) is 20.8 Å². The topological polar surface area (TPSA) is 3.24 Å². The summed E-state index contributed by atoms with van der Waals surface area (Å²) in [4.78, 5) is 2.39. The third-order valence-electron chi connectivity index (χ3n) is 3.09. The number of hydrogen-bond acceptors (Lipinski definition) is 1. The van der Waals surface area contributed by atoms with Crippen LogP contribution in [0, 0.1) is 11.3 Å². The minimum Gasteiger partial charge on any atom is -0.306 e. The van der Waals surface area contributed by atoms with Crippen LogP contribution in [0.25, 0.3) is 0 Å². The first-order valence-electron chi connectivity index (χ1n) is 5.07. The van der Waals surface area contributed by atoms with Gasteiger partial charge in [-0.05, 0) is 44.7 Å². The lowest BCUT2D eigenvalue weighted by Gasteiger charge is -2.41. The highest BCUT2D eigenvalue weighted by atomic mass is 15.1. The van der Waals surface area contributed by atoms with Gasteiger partial charge >= 0.3 is 0 Å². The minimum absolute atomic E-state index is 0.562. The first-order valence-corrected chi connectivity index (χ1v) is 5.07. The smallest absolute Gasteiger partial charge is 0.00967 e. The monoisotopic (exact) mass is 169 g/mol. The van der Waals surface area contributed by atoms with E-state index in [0.717, 1.165) is 12.0 Å². The van der Waals surface area contributed by atoms with E-state index >= 15 is 0 Å². The van der Waals surface area contributed by atoms with Gasteiger partial charge in [-0.2, -0.15) is 0 Å². The molecule has 1 nitrogen and oxygen atoms in total. The molecule has 0 aromatic rings. The minimum atomic E-state index is 0.562. The molecule has 2 unspecified atom stereocenters. The van der Waals surface area contributed by atoms with Crippen LogP contribution in [0.15, 0.2) is 0 Å². The summed E-state index contributed by atoms with van der Waals surface area (Å²) in [5.41, 5.74) is 0.562. The van der Waals surface area contributed by atoms with E-state index in [1.54, 1.807) is 0 Å². The fraction of sp³-hybridized carbons (Fsp3) is 1.00. The third-order valence-corrected chi connectivity index (χ3v) is 3.09. The summed E-state index contributed by atoms with van der Waals surface area (Å²) in [5, 5.41) is 0. The number of hydrogen-bond donors (Lipinski definition) is 0. The summed E-state index contributed by atoms with van der Waals surface area (Å²) in [7, 11) is 4.41. The van der Waals surface area contributed by atoms with Crippen molar-refractivity contribution in [1.29, 1.82) is 0 Å². The van der Waals surface area contributed by atoms with E-state index in [4.69, 9.17) is 0 Å². The molecule has 0 amide bonds. The van der Waals surface area contributed by atoms with Gasteiger partial charge < -0.3 is 4.90 Å². The Morgan fingerprint density at radius 2 is 1.75 bits per heavy atom. The van der Waals surface area contributed by atoms with Crippen molar-refractivity contribution in [3.8, 4) is 0 Å². The average Bonchev–Trinajstić information content (AvgIpc) is 1.82. The van der Waals surface area contributed by atoms with E-state index in [0.29, 0.717) is 5.41 Å². The molecule has 1 fully saturated rings. The summed E-state index contributed by atoms with van der Waals surface area (Å²) in [6.07, 6.45) is 4.15. The van der Waals surface area contributed by atoms with Crippen LogP contribution in [0.1, 0.15) is 40.0 Å². The largest absolute Gasteiger partial charge is 0.306 e. The van der Waals surface area contributed by atoms with Crippen LogP contribution >= 0.6 is 0 Å². The quantitative estimate of drug-likeness (QED) is 0.583. The molecule has 1 aliphatic carbocycles. The standard InChI is InChI=1S/C11H23N/c1-9-6-10(12(4)5)8-11(2,3)7-9/h9-10H,6-8H2,1-5H3. The van der Waals surface area contributed by atoms with Crippen LogP contribution in [0.3, 0.4) is 0 Å². The Kier molecular flexibility index (Phi) is 2.82. The van der Waals surface area contributed by atoms with Gasteiger partial charge in [-0.15, -0.1) is 0 Å². The van der Waals surface area contributed by atoms with Crippen LogP contribution in [0.5, 0.6) is 0 Å². The van der Waals surface area contributed by atoms with Crippen molar-refractivity contribution in [2.24, 2.45) is 11.3 Å². The molecule has 0 heterocycles. The maximum Gasteiger partial charge on any atom is 0.00967 e. The summed E-state index contributed by atoms with van der Waals surface area (Å²) in [5.74, 6) is 0.904. The zero-order valence-electron chi connectivity index (χ0n) is 9.22. The Morgan fingerprint density at radius 1 is 1.17 bits per heavy atom. The third kappa shape index (κ3) is 2.48. The Balaban J connectivity index is 2.58. The molecule has 12 heavy (non-hydrogen) atoms. The zero-order valence-corrected chi connectivity index (χ0v) is 9.22. The van der Waals surface area contributed by atoms with E-state index in [2.05, 4.69) is 39.8 Å². The Morgan fingerprint density at radius 3 is 2.17 bits per heavy atom. The summed E-state index contributed by atoms with van der Waals surface area (Å²) < 4.78 is 0. The molecule has 0 saturated heterocycles. The van der Waals surface area contributed by atoms with Crippen LogP contribution in [0.2, 0.25) is 0 Å². The van der Waals surface area contributed by atoms with Gasteiger partial charge in [0, 0.05) is 6.04 Å². The predicted molar refractivity (Wildman–Crippen MR) is 54.3 cm³/mol. The molecule has 72 valence electrons. The highest BCUT2D eigenvalue weighted by molar-refractivity contribution is 4.86. The summed E-state index contributed by atoms with van der Waals surface area (Å²) >= 11 is 0. The normalized spacial score (nSPS) is 35.5. The lowest BCUT2D eigenvalue weighted by atomic mass is 9.70. The fourth-order valence-corrected chi connectivity index (χ4v) is 2.69. The first-order chi connectivity index (χ1) is 5.41. The van der Waals surface area contributed by atoms with E-state index in [1.165, 1.54) is 19.3 Å². The van der Waals surface area contributed by atoms with Crippen molar-refractivity contribution < 1.29 is 0 Å². The Hall–Kier alpha value is -0.0400. The second-order valence-corrected chi connectivity index (χ2v) is 5.53. The lowest BCUT2D eigenvalue weighted by Crippen LogP contribution is -2.39. The molecule has 2 atom stereocenters. The lowest BCUT2D eigenvalue weighted by molar-refractivity contribution is 0.0974. The van der Waals surface area contributed by atoms with Crippen LogP contribution in [-0.2, 0) is 0 Å². The molecular weight excluding hydrogens is 146 g/mol. The van der Waals surface area contributed by atoms with Crippen molar-refractivity contribution in [2.45, 2.75) is 46.1 Å². The Labute approximate surface area is 77.1 Å². The zero-order chi connectivity index (χ0) is 9.35. The number of rotatable bonds is 1. The molecule has 0 aromatic heterocycles. The second-order valence-electron chi connectivity index (χ2n) is 5.53. The molecule has 0 N–H and O–H groups in total. The molecule has 0 bridgehead atoms. The first kappa shape index (κ1) is 10.0. The van der Waals surface area contributed by atoms with Crippen molar-refractivity contribution in [3.63, 3.8) is 0 Å². The van der Waals surface area contributed by atoms with E-state index in [9.17, 15) is 0 Å². The molecule has 1 saturated carbocycles. The highest BCUT2D eigenvalue weighted by Gasteiger charge is 2.32. The summed E-state index contributed by atoms with van der Waals surface area (Å²) in [6.45, 7) is 7.19. The van der Waals surface area contributed by atoms with Gasteiger partial charge in [0.25, 0.3) is 0 Å². The van der Waals surface area contributed by atoms with Crippen LogP contribution in [-0.4, -0.2) is 25.0 Å². The highest BCUT2D eigenvalue weighted by Crippen LogP contribution is 2.39. The van der Waals surface area contributed by atoms with Crippen molar-refractivity contribution in [1.82, 2.24) is 4.90 Å². The maximum atomic E-state index is 2.40. The van der Waals surface area contributed by atoms with E-state index in [-0.39, 0.29) is 0 Å². The van der Waals surface area contributed by atoms with Crippen molar-refractivity contribution in [2.75, 3.05) is 14.1 Å². The van der Waals surface area contributed by atoms with Gasteiger partial charge in [0.1, 0.15) is 0 Å². The molecule has 0 aliphatic heterocycles.